The highest BCUT2D eigenvalue weighted by Crippen LogP contribution is 2.28. The summed E-state index contributed by atoms with van der Waals surface area (Å²) in [5.74, 6) is -0.585. The summed E-state index contributed by atoms with van der Waals surface area (Å²) in [5.41, 5.74) is 4.38. The van der Waals surface area contributed by atoms with Crippen molar-refractivity contribution < 1.29 is 19.7 Å². The van der Waals surface area contributed by atoms with Gasteiger partial charge in [0.2, 0.25) is 0 Å². The number of ether oxygens (including phenoxy) is 1. The molecule has 0 aromatic heterocycles. The van der Waals surface area contributed by atoms with E-state index in [1.54, 1.807) is 0 Å². The number of carbonyl (C=O) groups is 1. The lowest BCUT2D eigenvalue weighted by molar-refractivity contribution is -0.147. The molecule has 0 amide bonds. The summed E-state index contributed by atoms with van der Waals surface area (Å²) in [6.07, 6.45) is -1.73. The molecule has 0 radical (unpaired) electrons. The third-order valence-electron chi connectivity index (χ3n) is 2.18. The second kappa shape index (κ2) is 3.01. The van der Waals surface area contributed by atoms with Gasteiger partial charge in [-0.2, -0.15) is 0 Å². The molecule has 1 saturated carbocycles. The highest BCUT2D eigenvalue weighted by Gasteiger charge is 2.47. The van der Waals surface area contributed by atoms with Crippen LogP contribution in [0.5, 0.6) is 0 Å². The molecule has 1 aliphatic rings. The molecule has 0 saturated heterocycles. The molecule has 0 aromatic carbocycles. The van der Waals surface area contributed by atoms with Crippen molar-refractivity contribution in [2.75, 3.05) is 7.11 Å². The van der Waals surface area contributed by atoms with Crippen molar-refractivity contribution in [1.82, 2.24) is 0 Å². The number of esters is 1. The average Bonchev–Trinajstić information content (AvgIpc) is 2.26. The van der Waals surface area contributed by atoms with E-state index in [9.17, 15) is 4.79 Å². The number of hydrogen-bond donors (Lipinski definition) is 3. The fourth-order valence-corrected chi connectivity index (χ4v) is 1.47. The Morgan fingerprint density at radius 1 is 1.50 bits per heavy atom. The van der Waals surface area contributed by atoms with E-state index < -0.39 is 23.7 Å². The topological polar surface area (TPSA) is 92.8 Å². The molecule has 4 N–H and O–H groups in total. The number of rotatable bonds is 1. The Bertz CT molecular complexity index is 184. The van der Waals surface area contributed by atoms with Crippen LogP contribution in [-0.2, 0) is 9.53 Å². The Labute approximate surface area is 70.1 Å². The molecule has 1 rings (SSSR count). The lowest BCUT2D eigenvalue weighted by atomic mass is 9.99. The van der Waals surface area contributed by atoms with Crippen LogP contribution in [-0.4, -0.2) is 41.0 Å². The SMILES string of the molecule is COC(=O)C1(N)C[C@@H](O)[C@@H](O)C1. The van der Waals surface area contributed by atoms with Crippen LogP contribution in [0.3, 0.4) is 0 Å². The molecule has 0 aromatic rings. The van der Waals surface area contributed by atoms with Crippen molar-refractivity contribution in [2.45, 2.75) is 30.6 Å². The summed E-state index contributed by atoms with van der Waals surface area (Å²) in [6.45, 7) is 0. The molecule has 12 heavy (non-hydrogen) atoms. The number of aliphatic hydroxyl groups excluding tert-OH is 2. The highest BCUT2D eigenvalue weighted by atomic mass is 16.5. The first-order valence-corrected chi connectivity index (χ1v) is 3.73. The molecule has 1 unspecified atom stereocenters. The molecule has 3 atom stereocenters. The summed E-state index contributed by atoms with van der Waals surface area (Å²) in [7, 11) is 1.23. The summed E-state index contributed by atoms with van der Waals surface area (Å²) in [4.78, 5) is 11.1. The van der Waals surface area contributed by atoms with Gasteiger partial charge in [-0.3, -0.25) is 4.79 Å². The van der Waals surface area contributed by atoms with Gasteiger partial charge in [0.1, 0.15) is 5.54 Å². The first-order chi connectivity index (χ1) is 5.49. The van der Waals surface area contributed by atoms with Crippen molar-refractivity contribution in [2.24, 2.45) is 5.73 Å². The Morgan fingerprint density at radius 2 is 1.92 bits per heavy atom. The number of methoxy groups -OCH3 is 1. The summed E-state index contributed by atoms with van der Waals surface area (Å²) < 4.78 is 4.45. The maximum Gasteiger partial charge on any atom is 0.326 e. The minimum atomic E-state index is -1.21. The molecule has 5 nitrogen and oxygen atoms in total. The summed E-state index contributed by atoms with van der Waals surface area (Å²) >= 11 is 0. The van der Waals surface area contributed by atoms with Gasteiger partial charge >= 0.3 is 5.97 Å². The number of hydrogen-bond acceptors (Lipinski definition) is 5. The van der Waals surface area contributed by atoms with E-state index in [1.807, 2.05) is 0 Å². The van der Waals surface area contributed by atoms with Gasteiger partial charge in [-0.05, 0) is 0 Å². The molecule has 0 bridgehead atoms. The van der Waals surface area contributed by atoms with Crippen molar-refractivity contribution >= 4 is 5.97 Å². The zero-order valence-corrected chi connectivity index (χ0v) is 6.86. The van der Waals surface area contributed by atoms with E-state index in [0.29, 0.717) is 0 Å². The van der Waals surface area contributed by atoms with Gasteiger partial charge in [0, 0.05) is 12.8 Å². The van der Waals surface area contributed by atoms with Crippen LogP contribution in [0.1, 0.15) is 12.8 Å². The summed E-state index contributed by atoms with van der Waals surface area (Å²) in [6, 6.07) is 0. The van der Waals surface area contributed by atoms with Crippen molar-refractivity contribution in [3.05, 3.63) is 0 Å². The number of aliphatic hydroxyl groups is 2. The van der Waals surface area contributed by atoms with Crippen LogP contribution in [0, 0.1) is 0 Å². The standard InChI is InChI=1S/C7H13NO4/c1-12-6(11)7(8)2-4(9)5(10)3-7/h4-5,9-10H,2-3,8H2,1H3/t4-,5+,7?. The van der Waals surface area contributed by atoms with Gasteiger partial charge in [0.05, 0.1) is 19.3 Å². The molecule has 70 valence electrons. The van der Waals surface area contributed by atoms with Crippen LogP contribution < -0.4 is 5.73 Å². The van der Waals surface area contributed by atoms with Gasteiger partial charge in [-0.15, -0.1) is 0 Å². The maximum absolute atomic E-state index is 11.1. The van der Waals surface area contributed by atoms with E-state index in [0.717, 1.165) is 0 Å². The van der Waals surface area contributed by atoms with Crippen LogP contribution in [0.15, 0.2) is 0 Å². The Hall–Kier alpha value is -0.650. The van der Waals surface area contributed by atoms with Crippen LogP contribution in [0.4, 0.5) is 0 Å². The molecule has 0 spiro atoms. The van der Waals surface area contributed by atoms with E-state index >= 15 is 0 Å². The average molecular weight is 175 g/mol. The first kappa shape index (κ1) is 9.44. The van der Waals surface area contributed by atoms with Crippen LogP contribution >= 0.6 is 0 Å². The molecule has 0 aliphatic heterocycles. The maximum atomic E-state index is 11.1. The van der Waals surface area contributed by atoms with Gasteiger partial charge in [-0.25, -0.2) is 0 Å². The van der Waals surface area contributed by atoms with Crippen molar-refractivity contribution in [1.29, 1.82) is 0 Å². The number of nitrogens with two attached hydrogens (primary N) is 1. The monoisotopic (exact) mass is 175 g/mol. The third-order valence-corrected chi connectivity index (χ3v) is 2.18. The normalized spacial score (nSPS) is 41.3. The Kier molecular flexibility index (Phi) is 2.36. The first-order valence-electron chi connectivity index (χ1n) is 3.73. The predicted molar refractivity (Wildman–Crippen MR) is 40.2 cm³/mol. The third kappa shape index (κ3) is 1.43. The van der Waals surface area contributed by atoms with E-state index in [-0.39, 0.29) is 12.8 Å². The van der Waals surface area contributed by atoms with Crippen molar-refractivity contribution in [3.63, 3.8) is 0 Å². The quantitative estimate of drug-likeness (QED) is 0.416. The van der Waals surface area contributed by atoms with Crippen LogP contribution in [0.25, 0.3) is 0 Å². The molecule has 5 heteroatoms. The van der Waals surface area contributed by atoms with Gasteiger partial charge in [-0.1, -0.05) is 0 Å². The van der Waals surface area contributed by atoms with E-state index in [1.165, 1.54) is 7.11 Å². The second-order valence-electron chi connectivity index (χ2n) is 3.19. The smallest absolute Gasteiger partial charge is 0.326 e. The Morgan fingerprint density at radius 3 is 2.25 bits per heavy atom. The van der Waals surface area contributed by atoms with Crippen molar-refractivity contribution in [3.8, 4) is 0 Å². The van der Waals surface area contributed by atoms with Gasteiger partial charge in [0.15, 0.2) is 0 Å². The predicted octanol–water partition coefficient (Wildman–Crippen LogP) is -1.63. The highest BCUT2D eigenvalue weighted by molar-refractivity contribution is 5.81. The fraction of sp³-hybridized carbons (Fsp3) is 0.857. The minimum Gasteiger partial charge on any atom is -0.468 e. The molecule has 0 heterocycles. The molecule has 1 aliphatic carbocycles. The zero-order valence-electron chi connectivity index (χ0n) is 6.86. The number of carbonyl (C=O) groups excluding carboxylic acids is 1. The minimum absolute atomic E-state index is 0.0564. The summed E-state index contributed by atoms with van der Waals surface area (Å²) in [5, 5.41) is 18.3. The van der Waals surface area contributed by atoms with Gasteiger partial charge in [0.25, 0.3) is 0 Å². The zero-order chi connectivity index (χ0) is 9.35. The Balaban J connectivity index is 2.69. The second-order valence-corrected chi connectivity index (χ2v) is 3.19. The molecular formula is C7H13NO4. The molecular weight excluding hydrogens is 162 g/mol. The van der Waals surface area contributed by atoms with E-state index in [4.69, 9.17) is 15.9 Å². The van der Waals surface area contributed by atoms with Crippen LogP contribution in [0.2, 0.25) is 0 Å². The fourth-order valence-electron chi connectivity index (χ4n) is 1.47. The van der Waals surface area contributed by atoms with E-state index in [2.05, 4.69) is 4.74 Å². The molecule has 1 fully saturated rings. The van der Waals surface area contributed by atoms with Gasteiger partial charge < -0.3 is 20.7 Å². The largest absolute Gasteiger partial charge is 0.468 e. The lowest BCUT2D eigenvalue weighted by Gasteiger charge is -2.19. The lowest BCUT2D eigenvalue weighted by Crippen LogP contribution is -2.47.